The van der Waals surface area contributed by atoms with Crippen molar-refractivity contribution in [1.82, 2.24) is 0 Å². The zero-order valence-electron chi connectivity index (χ0n) is 9.50. The monoisotopic (exact) mass is 270 g/mol. The van der Waals surface area contributed by atoms with Crippen LogP contribution in [0, 0.1) is 0 Å². The Hall–Kier alpha value is -0.500. The molecule has 0 heterocycles. The number of ether oxygens (including phenoxy) is 1. The molecule has 84 valence electrons. The molecule has 0 saturated carbocycles. The molecular weight excluding hydrogens is 252 g/mol. The third-order valence-corrected chi connectivity index (χ3v) is 2.89. The molecule has 0 amide bonds. The lowest BCUT2D eigenvalue weighted by Crippen LogP contribution is -2.11. The average molecular weight is 271 g/mol. The maximum absolute atomic E-state index is 5.80. The maximum atomic E-state index is 5.80. The van der Waals surface area contributed by atoms with Crippen LogP contribution in [-0.2, 0) is 0 Å². The molecule has 0 bridgehead atoms. The highest BCUT2D eigenvalue weighted by atomic mass is 79.9. The first-order valence-corrected chi connectivity index (χ1v) is 6.44. The minimum atomic E-state index is 0.317. The number of hydrogen-bond donors (Lipinski definition) is 0. The van der Waals surface area contributed by atoms with E-state index in [9.17, 15) is 0 Å². The van der Waals surface area contributed by atoms with Gasteiger partial charge in [0.15, 0.2) is 0 Å². The van der Waals surface area contributed by atoms with Gasteiger partial charge in [0.25, 0.3) is 0 Å². The average Bonchev–Trinajstić information content (AvgIpc) is 2.22. The molecule has 0 radical (unpaired) electrons. The highest BCUT2D eigenvalue weighted by Gasteiger charge is 2.03. The van der Waals surface area contributed by atoms with Crippen molar-refractivity contribution in [3.05, 3.63) is 28.7 Å². The Bertz CT molecular complexity index is 268. The van der Waals surface area contributed by atoms with Gasteiger partial charge in [-0.1, -0.05) is 35.7 Å². The van der Waals surface area contributed by atoms with E-state index < -0.39 is 0 Å². The lowest BCUT2D eigenvalue weighted by atomic mass is 10.1. The maximum Gasteiger partial charge on any atom is 0.119 e. The third-order valence-electron chi connectivity index (χ3n) is 2.37. The quantitative estimate of drug-likeness (QED) is 0.675. The van der Waals surface area contributed by atoms with Gasteiger partial charge in [0.05, 0.1) is 6.10 Å². The standard InChI is InChI=1S/C13H19BrO/c1-3-4-5-6-11(2)15-13-9-7-12(14)8-10-13/h7-11H,3-6H2,1-2H3. The van der Waals surface area contributed by atoms with Crippen molar-refractivity contribution in [1.29, 1.82) is 0 Å². The van der Waals surface area contributed by atoms with Gasteiger partial charge >= 0.3 is 0 Å². The fraction of sp³-hybridized carbons (Fsp3) is 0.538. The van der Waals surface area contributed by atoms with E-state index in [1.807, 2.05) is 24.3 Å². The summed E-state index contributed by atoms with van der Waals surface area (Å²) in [6.07, 6.45) is 5.29. The lowest BCUT2D eigenvalue weighted by Gasteiger charge is -2.14. The summed E-state index contributed by atoms with van der Waals surface area (Å²) < 4.78 is 6.89. The SMILES string of the molecule is CCCCCC(C)Oc1ccc(Br)cc1. The molecule has 0 aromatic heterocycles. The molecule has 2 heteroatoms. The predicted octanol–water partition coefficient (Wildman–Crippen LogP) is 4.80. The molecule has 0 saturated heterocycles. The molecular formula is C13H19BrO. The Kier molecular flexibility index (Phi) is 5.77. The lowest BCUT2D eigenvalue weighted by molar-refractivity contribution is 0.206. The minimum absolute atomic E-state index is 0.317. The van der Waals surface area contributed by atoms with Gasteiger partial charge in [-0.3, -0.25) is 0 Å². The van der Waals surface area contributed by atoms with Crippen LogP contribution in [0.3, 0.4) is 0 Å². The van der Waals surface area contributed by atoms with Crippen LogP contribution in [0.25, 0.3) is 0 Å². The van der Waals surface area contributed by atoms with E-state index in [1.54, 1.807) is 0 Å². The van der Waals surface area contributed by atoms with Crippen LogP contribution in [0.2, 0.25) is 0 Å². The van der Waals surface area contributed by atoms with E-state index in [2.05, 4.69) is 29.8 Å². The first-order valence-electron chi connectivity index (χ1n) is 5.64. The van der Waals surface area contributed by atoms with Crippen LogP contribution >= 0.6 is 15.9 Å². The fourth-order valence-corrected chi connectivity index (χ4v) is 1.75. The van der Waals surface area contributed by atoms with Gasteiger partial charge in [0.1, 0.15) is 5.75 Å². The van der Waals surface area contributed by atoms with E-state index in [1.165, 1.54) is 19.3 Å². The van der Waals surface area contributed by atoms with Crippen molar-refractivity contribution in [2.75, 3.05) is 0 Å². The summed E-state index contributed by atoms with van der Waals surface area (Å²) in [5.41, 5.74) is 0. The minimum Gasteiger partial charge on any atom is -0.491 e. The summed E-state index contributed by atoms with van der Waals surface area (Å²) in [4.78, 5) is 0. The zero-order valence-corrected chi connectivity index (χ0v) is 11.1. The molecule has 15 heavy (non-hydrogen) atoms. The van der Waals surface area contributed by atoms with E-state index in [0.717, 1.165) is 16.6 Å². The highest BCUT2D eigenvalue weighted by Crippen LogP contribution is 2.18. The molecule has 0 aliphatic carbocycles. The smallest absolute Gasteiger partial charge is 0.119 e. The van der Waals surface area contributed by atoms with Gasteiger partial charge in [0, 0.05) is 4.47 Å². The van der Waals surface area contributed by atoms with Crippen LogP contribution in [0.5, 0.6) is 5.75 Å². The second kappa shape index (κ2) is 6.89. The van der Waals surface area contributed by atoms with Gasteiger partial charge in [-0.2, -0.15) is 0 Å². The van der Waals surface area contributed by atoms with Gasteiger partial charge in [-0.05, 0) is 44.0 Å². The fourth-order valence-electron chi connectivity index (χ4n) is 1.49. The Morgan fingerprint density at radius 3 is 2.47 bits per heavy atom. The van der Waals surface area contributed by atoms with Crippen molar-refractivity contribution >= 4 is 15.9 Å². The summed E-state index contributed by atoms with van der Waals surface area (Å²) in [5.74, 6) is 0.960. The summed E-state index contributed by atoms with van der Waals surface area (Å²) in [6.45, 7) is 4.36. The van der Waals surface area contributed by atoms with Crippen molar-refractivity contribution in [2.45, 2.75) is 45.6 Å². The number of unbranched alkanes of at least 4 members (excludes halogenated alkanes) is 2. The zero-order chi connectivity index (χ0) is 11.1. The van der Waals surface area contributed by atoms with Crippen LogP contribution < -0.4 is 4.74 Å². The van der Waals surface area contributed by atoms with E-state index in [-0.39, 0.29) is 0 Å². The Morgan fingerprint density at radius 2 is 1.87 bits per heavy atom. The van der Waals surface area contributed by atoms with Gasteiger partial charge in [-0.15, -0.1) is 0 Å². The first-order chi connectivity index (χ1) is 7.22. The van der Waals surface area contributed by atoms with Crippen LogP contribution in [-0.4, -0.2) is 6.10 Å². The summed E-state index contributed by atoms with van der Waals surface area (Å²) in [7, 11) is 0. The Labute approximate surface area is 101 Å². The summed E-state index contributed by atoms with van der Waals surface area (Å²) in [6, 6.07) is 8.02. The molecule has 0 aliphatic heterocycles. The number of hydrogen-bond acceptors (Lipinski definition) is 1. The molecule has 1 aromatic carbocycles. The second-order valence-corrected chi connectivity index (χ2v) is 4.79. The second-order valence-electron chi connectivity index (χ2n) is 3.88. The molecule has 0 spiro atoms. The molecule has 1 rings (SSSR count). The predicted molar refractivity (Wildman–Crippen MR) is 68.4 cm³/mol. The summed E-state index contributed by atoms with van der Waals surface area (Å²) >= 11 is 3.41. The molecule has 0 aliphatic rings. The summed E-state index contributed by atoms with van der Waals surface area (Å²) in [5, 5.41) is 0. The van der Waals surface area contributed by atoms with Gasteiger partial charge < -0.3 is 4.74 Å². The first kappa shape index (κ1) is 12.6. The molecule has 0 N–H and O–H groups in total. The molecule has 1 aromatic rings. The van der Waals surface area contributed by atoms with Crippen LogP contribution in [0.4, 0.5) is 0 Å². The number of halogens is 1. The highest BCUT2D eigenvalue weighted by molar-refractivity contribution is 9.10. The Morgan fingerprint density at radius 1 is 1.20 bits per heavy atom. The molecule has 1 unspecified atom stereocenters. The number of benzene rings is 1. The van der Waals surface area contributed by atoms with Crippen molar-refractivity contribution < 1.29 is 4.74 Å². The molecule has 1 nitrogen and oxygen atoms in total. The normalized spacial score (nSPS) is 12.5. The van der Waals surface area contributed by atoms with E-state index in [0.29, 0.717) is 6.10 Å². The molecule has 1 atom stereocenters. The van der Waals surface area contributed by atoms with E-state index in [4.69, 9.17) is 4.74 Å². The van der Waals surface area contributed by atoms with Gasteiger partial charge in [0.2, 0.25) is 0 Å². The molecule has 0 fully saturated rings. The van der Waals surface area contributed by atoms with Gasteiger partial charge in [-0.25, -0.2) is 0 Å². The van der Waals surface area contributed by atoms with Crippen molar-refractivity contribution in [3.8, 4) is 5.75 Å². The topological polar surface area (TPSA) is 9.23 Å². The third kappa shape index (κ3) is 5.22. The van der Waals surface area contributed by atoms with Crippen LogP contribution in [0.1, 0.15) is 39.5 Å². The van der Waals surface area contributed by atoms with Crippen LogP contribution in [0.15, 0.2) is 28.7 Å². The Balaban J connectivity index is 2.31. The largest absolute Gasteiger partial charge is 0.491 e. The van der Waals surface area contributed by atoms with Crippen molar-refractivity contribution in [3.63, 3.8) is 0 Å². The van der Waals surface area contributed by atoms with Crippen molar-refractivity contribution in [2.24, 2.45) is 0 Å². The number of rotatable bonds is 6. The van der Waals surface area contributed by atoms with E-state index >= 15 is 0 Å².